The molecule has 0 aliphatic heterocycles. The lowest BCUT2D eigenvalue weighted by molar-refractivity contribution is 0.767. The van der Waals surface area contributed by atoms with Crippen LogP contribution < -0.4 is 5.32 Å². The predicted molar refractivity (Wildman–Crippen MR) is 57.3 cm³/mol. The van der Waals surface area contributed by atoms with E-state index in [9.17, 15) is 0 Å². The van der Waals surface area contributed by atoms with Crippen molar-refractivity contribution in [3.8, 4) is 6.07 Å². The number of nitrogens with one attached hydrogen (secondary N) is 1. The summed E-state index contributed by atoms with van der Waals surface area (Å²) in [6, 6.07) is 1.92. The van der Waals surface area contributed by atoms with Crippen molar-refractivity contribution in [1.29, 1.82) is 5.26 Å². The first-order valence-electron chi connectivity index (χ1n) is 4.71. The second kappa shape index (κ2) is 4.40. The highest BCUT2D eigenvalue weighted by Gasteiger charge is 1.98. The molecule has 0 aliphatic rings. The SMILES string of the molecule is Cn1cc(CNc2cnc(C#N)cn2)cn1. The molecule has 0 fully saturated rings. The standard InChI is InChI=1S/C10H10N6/c1-16-7-8(4-15-16)3-13-10-6-12-9(2-11)5-14-10/h4-7H,3H2,1H3,(H,13,14). The van der Waals surface area contributed by atoms with E-state index < -0.39 is 0 Å². The summed E-state index contributed by atoms with van der Waals surface area (Å²) in [6.45, 7) is 0.633. The van der Waals surface area contributed by atoms with Crippen molar-refractivity contribution in [2.75, 3.05) is 5.32 Å². The molecular formula is C10H10N6. The Balaban J connectivity index is 1.97. The van der Waals surface area contributed by atoms with Gasteiger partial charge in [0.15, 0.2) is 5.69 Å². The Morgan fingerprint density at radius 3 is 2.81 bits per heavy atom. The number of hydrogen-bond acceptors (Lipinski definition) is 5. The summed E-state index contributed by atoms with van der Waals surface area (Å²) >= 11 is 0. The largest absolute Gasteiger partial charge is 0.365 e. The lowest BCUT2D eigenvalue weighted by Gasteiger charge is -2.02. The van der Waals surface area contributed by atoms with Crippen molar-refractivity contribution in [1.82, 2.24) is 19.7 Å². The van der Waals surface area contributed by atoms with Gasteiger partial charge in [-0.25, -0.2) is 9.97 Å². The lowest BCUT2D eigenvalue weighted by atomic mass is 10.3. The van der Waals surface area contributed by atoms with Crippen molar-refractivity contribution >= 4 is 5.82 Å². The van der Waals surface area contributed by atoms with E-state index in [0.717, 1.165) is 5.56 Å². The first-order valence-corrected chi connectivity index (χ1v) is 4.71. The van der Waals surface area contributed by atoms with Gasteiger partial charge in [-0.05, 0) is 0 Å². The minimum absolute atomic E-state index is 0.312. The molecule has 0 saturated heterocycles. The zero-order valence-corrected chi connectivity index (χ0v) is 8.75. The Kier molecular flexibility index (Phi) is 2.78. The first kappa shape index (κ1) is 10.1. The molecule has 0 aliphatic carbocycles. The number of anilines is 1. The number of nitrogens with zero attached hydrogens (tertiary/aromatic N) is 5. The smallest absolute Gasteiger partial charge is 0.158 e. The van der Waals surface area contributed by atoms with Crippen LogP contribution in [0.5, 0.6) is 0 Å². The van der Waals surface area contributed by atoms with Gasteiger partial charge in [-0.2, -0.15) is 10.4 Å². The second-order valence-electron chi connectivity index (χ2n) is 3.27. The van der Waals surface area contributed by atoms with Crippen molar-refractivity contribution in [2.24, 2.45) is 7.05 Å². The summed E-state index contributed by atoms with van der Waals surface area (Å²) in [5.74, 6) is 0.642. The first-order chi connectivity index (χ1) is 7.78. The molecule has 6 nitrogen and oxygen atoms in total. The van der Waals surface area contributed by atoms with E-state index in [4.69, 9.17) is 5.26 Å². The topological polar surface area (TPSA) is 79.4 Å². The van der Waals surface area contributed by atoms with Gasteiger partial charge in [-0.1, -0.05) is 0 Å². The van der Waals surface area contributed by atoms with Gasteiger partial charge in [0, 0.05) is 25.4 Å². The molecule has 2 heterocycles. The maximum atomic E-state index is 8.56. The molecule has 2 rings (SSSR count). The van der Waals surface area contributed by atoms with Crippen LogP contribution in [0.4, 0.5) is 5.82 Å². The van der Waals surface area contributed by atoms with Crippen LogP contribution in [0.25, 0.3) is 0 Å². The fourth-order valence-electron chi connectivity index (χ4n) is 1.23. The molecule has 0 unspecified atom stereocenters. The van der Waals surface area contributed by atoms with E-state index in [1.54, 1.807) is 10.9 Å². The van der Waals surface area contributed by atoms with Gasteiger partial charge < -0.3 is 5.32 Å². The Hall–Kier alpha value is -2.42. The van der Waals surface area contributed by atoms with E-state index in [2.05, 4.69) is 20.4 Å². The molecule has 2 aromatic rings. The highest BCUT2D eigenvalue weighted by atomic mass is 15.2. The Bertz CT molecular complexity index is 507. The van der Waals surface area contributed by atoms with E-state index in [1.165, 1.54) is 12.4 Å². The predicted octanol–water partition coefficient (Wildman–Crippen LogP) is 0.694. The number of nitriles is 1. The van der Waals surface area contributed by atoms with Gasteiger partial charge in [0.2, 0.25) is 0 Å². The second-order valence-corrected chi connectivity index (χ2v) is 3.27. The molecular weight excluding hydrogens is 204 g/mol. The number of hydrogen-bond donors (Lipinski definition) is 1. The van der Waals surface area contributed by atoms with Gasteiger partial charge in [0.1, 0.15) is 11.9 Å². The molecule has 80 valence electrons. The van der Waals surface area contributed by atoms with Crippen molar-refractivity contribution in [2.45, 2.75) is 6.54 Å². The number of aryl methyl sites for hydroxylation is 1. The quantitative estimate of drug-likeness (QED) is 0.813. The summed E-state index contributed by atoms with van der Waals surface area (Å²) < 4.78 is 1.74. The summed E-state index contributed by atoms with van der Waals surface area (Å²) in [7, 11) is 1.87. The minimum Gasteiger partial charge on any atom is -0.365 e. The molecule has 0 amide bonds. The fourth-order valence-corrected chi connectivity index (χ4v) is 1.23. The molecule has 6 heteroatoms. The van der Waals surface area contributed by atoms with Crippen LogP contribution in [0, 0.1) is 11.3 Å². The zero-order valence-electron chi connectivity index (χ0n) is 8.75. The van der Waals surface area contributed by atoms with E-state index in [1.807, 2.05) is 19.3 Å². The monoisotopic (exact) mass is 214 g/mol. The van der Waals surface area contributed by atoms with Gasteiger partial charge in [0.25, 0.3) is 0 Å². The van der Waals surface area contributed by atoms with Gasteiger partial charge in [-0.3, -0.25) is 4.68 Å². The highest BCUT2D eigenvalue weighted by Crippen LogP contribution is 2.03. The molecule has 2 aromatic heterocycles. The van der Waals surface area contributed by atoms with Crippen molar-refractivity contribution < 1.29 is 0 Å². The number of aromatic nitrogens is 4. The average molecular weight is 214 g/mol. The van der Waals surface area contributed by atoms with Crippen LogP contribution in [-0.4, -0.2) is 19.7 Å². The molecule has 0 radical (unpaired) electrons. The molecule has 16 heavy (non-hydrogen) atoms. The third kappa shape index (κ3) is 2.33. The molecule has 1 N–H and O–H groups in total. The van der Waals surface area contributed by atoms with E-state index in [-0.39, 0.29) is 0 Å². The average Bonchev–Trinajstić information content (AvgIpc) is 2.73. The zero-order chi connectivity index (χ0) is 11.4. The van der Waals surface area contributed by atoms with Crippen LogP contribution in [0.2, 0.25) is 0 Å². The van der Waals surface area contributed by atoms with Crippen LogP contribution in [0.3, 0.4) is 0 Å². The van der Waals surface area contributed by atoms with Crippen LogP contribution >= 0.6 is 0 Å². The normalized spacial score (nSPS) is 9.75. The number of rotatable bonds is 3. The molecule has 0 saturated carbocycles. The van der Waals surface area contributed by atoms with Crippen LogP contribution in [0.1, 0.15) is 11.3 Å². The fraction of sp³-hybridized carbons (Fsp3) is 0.200. The van der Waals surface area contributed by atoms with E-state index >= 15 is 0 Å². The summed E-state index contributed by atoms with van der Waals surface area (Å²) in [5, 5.41) is 15.7. The third-order valence-corrected chi connectivity index (χ3v) is 2.00. The maximum absolute atomic E-state index is 8.56. The minimum atomic E-state index is 0.312. The highest BCUT2D eigenvalue weighted by molar-refractivity contribution is 5.33. The summed E-state index contributed by atoms with van der Waals surface area (Å²) in [4.78, 5) is 7.96. The molecule has 0 aromatic carbocycles. The van der Waals surface area contributed by atoms with Gasteiger partial charge in [-0.15, -0.1) is 0 Å². The van der Waals surface area contributed by atoms with Gasteiger partial charge in [0.05, 0.1) is 18.6 Å². The third-order valence-electron chi connectivity index (χ3n) is 2.00. The molecule has 0 spiro atoms. The molecule has 0 bridgehead atoms. The van der Waals surface area contributed by atoms with Gasteiger partial charge >= 0.3 is 0 Å². The summed E-state index contributed by atoms with van der Waals surface area (Å²) in [6.07, 6.45) is 6.68. The van der Waals surface area contributed by atoms with Crippen LogP contribution in [-0.2, 0) is 13.6 Å². The Labute approximate surface area is 92.6 Å². The molecule has 0 atom stereocenters. The lowest BCUT2D eigenvalue weighted by Crippen LogP contribution is -2.01. The Morgan fingerprint density at radius 1 is 1.38 bits per heavy atom. The maximum Gasteiger partial charge on any atom is 0.158 e. The Morgan fingerprint density at radius 2 is 2.25 bits per heavy atom. The van der Waals surface area contributed by atoms with Crippen molar-refractivity contribution in [3.05, 3.63) is 36.0 Å². The summed E-state index contributed by atoms with van der Waals surface area (Å²) in [5.41, 5.74) is 1.38. The van der Waals surface area contributed by atoms with E-state index in [0.29, 0.717) is 18.1 Å². The van der Waals surface area contributed by atoms with Crippen LogP contribution in [0.15, 0.2) is 24.8 Å². The van der Waals surface area contributed by atoms with Crippen molar-refractivity contribution in [3.63, 3.8) is 0 Å².